The van der Waals surface area contributed by atoms with Crippen molar-refractivity contribution in [1.82, 2.24) is 4.90 Å². The molecule has 1 saturated heterocycles. The van der Waals surface area contributed by atoms with E-state index in [-0.39, 0.29) is 30.1 Å². The Morgan fingerprint density at radius 2 is 1.90 bits per heavy atom. The molecule has 108 valence electrons. The molecule has 1 aliphatic heterocycles. The van der Waals surface area contributed by atoms with E-state index in [1.54, 1.807) is 18.2 Å². The molecule has 5 heteroatoms. The molecule has 5 nitrogen and oxygen atoms in total. The van der Waals surface area contributed by atoms with Crippen LogP contribution in [0.5, 0.6) is 0 Å². The van der Waals surface area contributed by atoms with Crippen LogP contribution < -0.4 is 0 Å². The Morgan fingerprint density at radius 3 is 2.50 bits per heavy atom. The largest absolute Gasteiger partial charge is 0.337 e. The van der Waals surface area contributed by atoms with Crippen LogP contribution in [0.4, 0.5) is 5.69 Å². The summed E-state index contributed by atoms with van der Waals surface area (Å²) in [7, 11) is 0. The minimum Gasteiger partial charge on any atom is -0.337 e. The van der Waals surface area contributed by atoms with Crippen LogP contribution >= 0.6 is 0 Å². The van der Waals surface area contributed by atoms with E-state index in [4.69, 9.17) is 0 Å². The molecule has 1 aliphatic rings. The Morgan fingerprint density at radius 1 is 1.30 bits per heavy atom. The number of likely N-dealkylation sites (tertiary alicyclic amines) is 1. The predicted molar refractivity (Wildman–Crippen MR) is 76.4 cm³/mol. The molecule has 1 heterocycles. The number of para-hydroxylation sites is 1. The molecule has 2 unspecified atom stereocenters. The molecule has 1 aromatic carbocycles. The van der Waals surface area contributed by atoms with Gasteiger partial charge in [-0.15, -0.1) is 0 Å². The zero-order valence-corrected chi connectivity index (χ0v) is 11.9. The summed E-state index contributed by atoms with van der Waals surface area (Å²) >= 11 is 0. The third-order valence-electron chi connectivity index (χ3n) is 4.01. The fraction of sp³-hybridized carbons (Fsp3) is 0.533. The maximum atomic E-state index is 12.5. The van der Waals surface area contributed by atoms with Crippen LogP contribution in [0.3, 0.4) is 0 Å². The lowest BCUT2D eigenvalue weighted by atomic mass is 9.96. The Bertz CT molecular complexity index is 506. The van der Waals surface area contributed by atoms with Gasteiger partial charge < -0.3 is 4.90 Å². The fourth-order valence-corrected chi connectivity index (χ4v) is 3.01. The van der Waals surface area contributed by atoms with Crippen LogP contribution in [0.25, 0.3) is 0 Å². The van der Waals surface area contributed by atoms with E-state index in [1.807, 2.05) is 18.7 Å². The number of rotatable bonds is 3. The normalized spacial score (nSPS) is 22.6. The molecule has 0 aromatic heterocycles. The highest BCUT2D eigenvalue weighted by Gasteiger charge is 2.29. The number of nitro benzene ring substituents is 1. The second kappa shape index (κ2) is 6.03. The van der Waals surface area contributed by atoms with Gasteiger partial charge in [-0.2, -0.15) is 0 Å². The third kappa shape index (κ3) is 2.98. The second-order valence-electron chi connectivity index (χ2n) is 5.49. The summed E-state index contributed by atoms with van der Waals surface area (Å²) < 4.78 is 0. The second-order valence-corrected chi connectivity index (χ2v) is 5.49. The predicted octanol–water partition coefficient (Wildman–Crippen LogP) is 2.93. The summed E-state index contributed by atoms with van der Waals surface area (Å²) in [5.74, 6) is -0.0148. The summed E-state index contributed by atoms with van der Waals surface area (Å²) in [5.41, 5.74) is 0.519. The van der Waals surface area contributed by atoms with Gasteiger partial charge in [0.05, 0.1) is 11.3 Å². The first-order valence-electron chi connectivity index (χ1n) is 7.04. The zero-order chi connectivity index (χ0) is 14.7. The van der Waals surface area contributed by atoms with E-state index in [0.29, 0.717) is 5.56 Å². The molecule has 1 amide bonds. The maximum Gasteiger partial charge on any atom is 0.273 e. The first-order valence-corrected chi connectivity index (χ1v) is 7.04. The van der Waals surface area contributed by atoms with Crippen LogP contribution in [-0.4, -0.2) is 27.8 Å². The number of piperidine rings is 1. The highest BCUT2D eigenvalue weighted by molar-refractivity contribution is 5.80. The zero-order valence-electron chi connectivity index (χ0n) is 11.9. The molecule has 0 saturated carbocycles. The summed E-state index contributed by atoms with van der Waals surface area (Å²) in [6.45, 7) is 4.10. The Labute approximate surface area is 118 Å². The standard InChI is InChI=1S/C15H20N2O3/c1-11-6-5-7-12(2)16(11)15(18)10-13-8-3-4-9-14(13)17(19)20/h3-4,8-9,11-12H,5-7,10H2,1-2H3. The molecule has 0 aliphatic carbocycles. The van der Waals surface area contributed by atoms with Gasteiger partial charge in [0.1, 0.15) is 0 Å². The quantitative estimate of drug-likeness (QED) is 0.630. The molecule has 2 atom stereocenters. The van der Waals surface area contributed by atoms with Crippen molar-refractivity contribution in [3.8, 4) is 0 Å². The van der Waals surface area contributed by atoms with Crippen molar-refractivity contribution in [2.45, 2.75) is 51.6 Å². The van der Waals surface area contributed by atoms with Gasteiger partial charge in [-0.1, -0.05) is 18.2 Å². The molecular formula is C15H20N2O3. The Hall–Kier alpha value is -1.91. The summed E-state index contributed by atoms with van der Waals surface area (Å²) in [6.07, 6.45) is 3.25. The number of nitrogens with zero attached hydrogens (tertiary/aromatic N) is 2. The van der Waals surface area contributed by atoms with Crippen LogP contribution in [0.2, 0.25) is 0 Å². The number of benzene rings is 1. The van der Waals surface area contributed by atoms with Crippen molar-refractivity contribution < 1.29 is 9.72 Å². The van der Waals surface area contributed by atoms with E-state index in [9.17, 15) is 14.9 Å². The molecule has 0 radical (unpaired) electrons. The van der Waals surface area contributed by atoms with E-state index < -0.39 is 4.92 Å². The van der Waals surface area contributed by atoms with Gasteiger partial charge in [0.2, 0.25) is 5.91 Å². The van der Waals surface area contributed by atoms with Crippen molar-refractivity contribution in [1.29, 1.82) is 0 Å². The lowest BCUT2D eigenvalue weighted by molar-refractivity contribution is -0.385. The van der Waals surface area contributed by atoms with Gasteiger partial charge in [0, 0.05) is 23.7 Å². The minimum atomic E-state index is -0.425. The van der Waals surface area contributed by atoms with Gasteiger partial charge in [-0.3, -0.25) is 14.9 Å². The lowest BCUT2D eigenvalue weighted by Gasteiger charge is -2.39. The molecule has 0 bridgehead atoms. The number of carbonyl (C=O) groups is 1. The molecular weight excluding hydrogens is 256 g/mol. The first-order chi connectivity index (χ1) is 9.50. The van der Waals surface area contributed by atoms with Crippen LogP contribution in [0, 0.1) is 10.1 Å². The SMILES string of the molecule is CC1CCCC(C)N1C(=O)Cc1ccccc1[N+](=O)[O-]. The van der Waals surface area contributed by atoms with E-state index in [1.165, 1.54) is 6.07 Å². The van der Waals surface area contributed by atoms with Crippen LogP contribution in [0.15, 0.2) is 24.3 Å². The summed E-state index contributed by atoms with van der Waals surface area (Å²) in [6, 6.07) is 6.90. The third-order valence-corrected chi connectivity index (χ3v) is 4.01. The van der Waals surface area contributed by atoms with Crippen molar-refractivity contribution in [2.75, 3.05) is 0 Å². The number of hydrogen-bond donors (Lipinski definition) is 0. The molecule has 0 N–H and O–H groups in total. The fourth-order valence-electron chi connectivity index (χ4n) is 3.01. The van der Waals surface area contributed by atoms with Crippen molar-refractivity contribution in [3.05, 3.63) is 39.9 Å². The lowest BCUT2D eigenvalue weighted by Crippen LogP contribution is -2.48. The average molecular weight is 276 g/mol. The number of carbonyl (C=O) groups excluding carboxylic acids is 1. The number of hydrogen-bond acceptors (Lipinski definition) is 3. The molecule has 2 rings (SSSR count). The van der Waals surface area contributed by atoms with Crippen LogP contribution in [-0.2, 0) is 11.2 Å². The molecule has 1 aromatic rings. The Balaban J connectivity index is 2.17. The smallest absolute Gasteiger partial charge is 0.273 e. The maximum absolute atomic E-state index is 12.5. The monoisotopic (exact) mass is 276 g/mol. The number of nitro groups is 1. The first kappa shape index (κ1) is 14.5. The van der Waals surface area contributed by atoms with Crippen molar-refractivity contribution in [3.63, 3.8) is 0 Å². The van der Waals surface area contributed by atoms with E-state index in [2.05, 4.69) is 0 Å². The van der Waals surface area contributed by atoms with Gasteiger partial charge in [0.15, 0.2) is 0 Å². The van der Waals surface area contributed by atoms with Gasteiger partial charge in [-0.05, 0) is 33.1 Å². The molecule has 0 spiro atoms. The summed E-state index contributed by atoms with van der Waals surface area (Å²) in [5, 5.41) is 11.0. The average Bonchev–Trinajstić information content (AvgIpc) is 2.38. The van der Waals surface area contributed by atoms with Crippen LogP contribution in [0.1, 0.15) is 38.7 Å². The van der Waals surface area contributed by atoms with E-state index >= 15 is 0 Å². The van der Waals surface area contributed by atoms with Crippen molar-refractivity contribution >= 4 is 11.6 Å². The van der Waals surface area contributed by atoms with Gasteiger partial charge in [0.25, 0.3) is 5.69 Å². The number of amides is 1. The Kier molecular flexibility index (Phi) is 4.37. The van der Waals surface area contributed by atoms with E-state index in [0.717, 1.165) is 19.3 Å². The van der Waals surface area contributed by atoms with Crippen molar-refractivity contribution in [2.24, 2.45) is 0 Å². The highest BCUT2D eigenvalue weighted by Crippen LogP contribution is 2.25. The summed E-state index contributed by atoms with van der Waals surface area (Å²) in [4.78, 5) is 24.9. The minimum absolute atomic E-state index is 0.0148. The topological polar surface area (TPSA) is 63.5 Å². The van der Waals surface area contributed by atoms with Gasteiger partial charge >= 0.3 is 0 Å². The molecule has 1 fully saturated rings. The van der Waals surface area contributed by atoms with Gasteiger partial charge in [-0.25, -0.2) is 0 Å². The molecule has 20 heavy (non-hydrogen) atoms. The highest BCUT2D eigenvalue weighted by atomic mass is 16.6.